The lowest BCUT2D eigenvalue weighted by molar-refractivity contribution is -0.310. The summed E-state index contributed by atoms with van der Waals surface area (Å²) in [6, 6.07) is 0. The summed E-state index contributed by atoms with van der Waals surface area (Å²) in [6.07, 6.45) is 6.28. The molecule has 2 fully saturated rings. The lowest BCUT2D eigenvalue weighted by Gasteiger charge is -2.29. The van der Waals surface area contributed by atoms with Gasteiger partial charge in [-0.25, -0.2) is 9.78 Å². The lowest BCUT2D eigenvalue weighted by atomic mass is 9.94. The number of hydrogen-bond acceptors (Lipinski definition) is 2. The molecule has 0 unspecified atom stereocenters. The highest BCUT2D eigenvalue weighted by atomic mass is 31.1. The van der Waals surface area contributed by atoms with Gasteiger partial charge in [0.15, 0.2) is 0 Å². The van der Waals surface area contributed by atoms with E-state index in [1.54, 1.807) is 0 Å². The van der Waals surface area contributed by atoms with E-state index in [1.165, 1.54) is 33.7 Å². The number of rotatable bonds is 0. The third kappa shape index (κ3) is 1.20. The molecule has 2 rings (SSSR count). The van der Waals surface area contributed by atoms with Gasteiger partial charge in [-0.15, -0.1) is 8.58 Å². The van der Waals surface area contributed by atoms with E-state index in [0.29, 0.717) is 0 Å². The molecule has 0 atom stereocenters. The predicted octanol–water partition coefficient (Wildman–Crippen LogP) is 1.55. The van der Waals surface area contributed by atoms with Gasteiger partial charge in [-0.3, -0.25) is 0 Å². The molecule has 0 N–H and O–H groups in total. The van der Waals surface area contributed by atoms with Crippen LogP contribution in [0, 0.1) is 0 Å². The van der Waals surface area contributed by atoms with Gasteiger partial charge in [0.25, 0.3) is 0 Å². The van der Waals surface area contributed by atoms with E-state index in [1.807, 2.05) is 0 Å². The Hall–Kier alpha value is 0.350. The minimum atomic E-state index is 0.158. The first kappa shape index (κ1) is 7.02. The van der Waals surface area contributed by atoms with E-state index < -0.39 is 0 Å². The van der Waals surface area contributed by atoms with Crippen molar-refractivity contribution in [2.24, 2.45) is 0 Å². The monoisotopic (exact) mass is 160 g/mol. The highest BCUT2D eigenvalue weighted by molar-refractivity contribution is 7.38. The molecule has 58 valence electrons. The molecule has 2 aliphatic heterocycles. The van der Waals surface area contributed by atoms with Crippen molar-refractivity contribution in [2.45, 2.75) is 24.9 Å². The second-order valence-electron chi connectivity index (χ2n) is 3.09. The SMILES string of the molecule is C1CC2(CCPCC2)OO1. The summed E-state index contributed by atoms with van der Waals surface area (Å²) in [6.45, 7) is 0.809. The molecule has 2 nitrogen and oxygen atoms in total. The van der Waals surface area contributed by atoms with E-state index in [2.05, 4.69) is 0 Å². The summed E-state index contributed by atoms with van der Waals surface area (Å²) >= 11 is 0. The molecule has 2 aliphatic rings. The Bertz CT molecular complexity index is 113. The Morgan fingerprint density at radius 1 is 1.10 bits per heavy atom. The first-order valence-corrected chi connectivity index (χ1v) is 5.34. The zero-order chi connectivity index (χ0) is 6.86. The molecule has 0 bridgehead atoms. The third-order valence-corrected chi connectivity index (χ3v) is 3.60. The summed E-state index contributed by atoms with van der Waals surface area (Å²) < 4.78 is 0. The Kier molecular flexibility index (Phi) is 1.94. The maximum absolute atomic E-state index is 5.29. The largest absolute Gasteiger partial charge is 0.236 e. The van der Waals surface area contributed by atoms with Crippen molar-refractivity contribution in [3.8, 4) is 0 Å². The van der Waals surface area contributed by atoms with Gasteiger partial charge in [-0.05, 0) is 25.2 Å². The van der Waals surface area contributed by atoms with Crippen LogP contribution in [0.15, 0.2) is 0 Å². The van der Waals surface area contributed by atoms with Crippen molar-refractivity contribution in [1.82, 2.24) is 0 Å². The summed E-state index contributed by atoms with van der Waals surface area (Å²) in [7, 11) is 1.17. The van der Waals surface area contributed by atoms with Crippen LogP contribution in [0.5, 0.6) is 0 Å². The van der Waals surface area contributed by atoms with Crippen LogP contribution >= 0.6 is 8.58 Å². The van der Waals surface area contributed by atoms with Gasteiger partial charge in [0.05, 0.1) is 6.61 Å². The van der Waals surface area contributed by atoms with Crippen LogP contribution < -0.4 is 0 Å². The second kappa shape index (κ2) is 2.77. The minimum Gasteiger partial charge on any atom is -0.236 e. The maximum Gasteiger partial charge on any atom is 0.107 e. The fourth-order valence-corrected chi connectivity index (χ4v) is 3.17. The van der Waals surface area contributed by atoms with Gasteiger partial charge in [0.1, 0.15) is 5.60 Å². The van der Waals surface area contributed by atoms with Crippen LogP contribution in [-0.2, 0) is 9.78 Å². The van der Waals surface area contributed by atoms with Crippen LogP contribution in [0.4, 0.5) is 0 Å². The van der Waals surface area contributed by atoms with Crippen molar-refractivity contribution < 1.29 is 9.78 Å². The summed E-state index contributed by atoms with van der Waals surface area (Å²) in [5, 5.41) is 0. The fourth-order valence-electron chi connectivity index (χ4n) is 1.65. The van der Waals surface area contributed by atoms with Crippen molar-refractivity contribution in [3.05, 3.63) is 0 Å². The van der Waals surface area contributed by atoms with E-state index in [4.69, 9.17) is 9.78 Å². The Morgan fingerprint density at radius 2 is 1.90 bits per heavy atom. The molecule has 3 heteroatoms. The quantitative estimate of drug-likeness (QED) is 0.395. The molecule has 0 aliphatic carbocycles. The zero-order valence-corrected chi connectivity index (χ0v) is 7.06. The van der Waals surface area contributed by atoms with Crippen LogP contribution in [0.2, 0.25) is 0 Å². The highest BCUT2D eigenvalue weighted by Crippen LogP contribution is 2.38. The first-order valence-electron chi connectivity index (χ1n) is 3.93. The van der Waals surface area contributed by atoms with Crippen LogP contribution in [0.25, 0.3) is 0 Å². The smallest absolute Gasteiger partial charge is 0.107 e. The highest BCUT2D eigenvalue weighted by Gasteiger charge is 2.37. The zero-order valence-electron chi connectivity index (χ0n) is 6.06. The lowest BCUT2D eigenvalue weighted by Crippen LogP contribution is -2.31. The molecule has 0 radical (unpaired) electrons. The predicted molar refractivity (Wildman–Crippen MR) is 41.7 cm³/mol. The van der Waals surface area contributed by atoms with Gasteiger partial charge in [0.2, 0.25) is 0 Å². The van der Waals surface area contributed by atoms with E-state index in [9.17, 15) is 0 Å². The molecular formula is C7H13O2P. The molecular weight excluding hydrogens is 147 g/mol. The van der Waals surface area contributed by atoms with Gasteiger partial charge in [-0.1, -0.05) is 0 Å². The Morgan fingerprint density at radius 3 is 2.50 bits per heavy atom. The van der Waals surface area contributed by atoms with E-state index in [-0.39, 0.29) is 5.60 Å². The molecule has 0 aromatic heterocycles. The second-order valence-corrected chi connectivity index (χ2v) is 4.59. The number of hydrogen-bond donors (Lipinski definition) is 0. The van der Waals surface area contributed by atoms with Gasteiger partial charge in [-0.2, -0.15) is 0 Å². The molecule has 2 heterocycles. The van der Waals surface area contributed by atoms with Gasteiger partial charge < -0.3 is 0 Å². The standard InChI is InChI=1S/C7H13O2P/c1-4-8-9-7(1)2-5-10-6-3-7/h10H,1-6H2. The van der Waals surface area contributed by atoms with Crippen molar-refractivity contribution in [2.75, 3.05) is 18.9 Å². The average molecular weight is 160 g/mol. The maximum atomic E-state index is 5.29. The molecule has 0 aromatic rings. The molecule has 2 saturated heterocycles. The molecule has 0 amide bonds. The Labute approximate surface area is 63.0 Å². The average Bonchev–Trinajstić information content (AvgIpc) is 2.39. The molecule has 0 aromatic carbocycles. The fraction of sp³-hybridized carbons (Fsp3) is 1.00. The van der Waals surface area contributed by atoms with Crippen LogP contribution in [-0.4, -0.2) is 24.5 Å². The minimum absolute atomic E-state index is 0.158. The van der Waals surface area contributed by atoms with Crippen molar-refractivity contribution in [3.63, 3.8) is 0 Å². The van der Waals surface area contributed by atoms with Crippen LogP contribution in [0.3, 0.4) is 0 Å². The summed E-state index contributed by atoms with van der Waals surface area (Å²) in [5.74, 6) is 0. The van der Waals surface area contributed by atoms with Crippen LogP contribution in [0.1, 0.15) is 19.3 Å². The molecule has 10 heavy (non-hydrogen) atoms. The first-order chi connectivity index (χ1) is 4.91. The Balaban J connectivity index is 1.98. The van der Waals surface area contributed by atoms with Gasteiger partial charge in [0, 0.05) is 6.42 Å². The topological polar surface area (TPSA) is 18.5 Å². The summed E-state index contributed by atoms with van der Waals surface area (Å²) in [5.41, 5.74) is 0.158. The molecule has 0 saturated carbocycles. The van der Waals surface area contributed by atoms with E-state index >= 15 is 0 Å². The van der Waals surface area contributed by atoms with Gasteiger partial charge >= 0.3 is 0 Å². The van der Waals surface area contributed by atoms with Crippen molar-refractivity contribution in [1.29, 1.82) is 0 Å². The normalized spacial score (nSPS) is 43.2. The molecule has 1 spiro atoms. The van der Waals surface area contributed by atoms with E-state index in [0.717, 1.165) is 13.0 Å². The summed E-state index contributed by atoms with van der Waals surface area (Å²) in [4.78, 5) is 10.2. The van der Waals surface area contributed by atoms with Crippen molar-refractivity contribution >= 4 is 8.58 Å². The third-order valence-electron chi connectivity index (χ3n) is 2.39.